The normalized spacial score (nSPS) is 21.6. The standard InChI is InChI=1S/C17H15BrClF/c18-17-12(6-5-11-3-1-2-4-15(11)17)9-13-10-14(20)7-8-16(13)19/h1-4,7-8,10,12,17H,5-6,9H2. The Morgan fingerprint density at radius 3 is 2.85 bits per heavy atom. The Balaban J connectivity index is 1.84. The third kappa shape index (κ3) is 2.77. The van der Waals surface area contributed by atoms with Crippen molar-refractivity contribution >= 4 is 27.5 Å². The Bertz CT molecular complexity index is 626. The molecule has 0 fully saturated rings. The summed E-state index contributed by atoms with van der Waals surface area (Å²) in [7, 11) is 0. The van der Waals surface area contributed by atoms with E-state index in [1.54, 1.807) is 12.1 Å². The first kappa shape index (κ1) is 14.1. The van der Waals surface area contributed by atoms with Crippen molar-refractivity contribution in [2.75, 3.05) is 0 Å². The van der Waals surface area contributed by atoms with Crippen molar-refractivity contribution in [1.29, 1.82) is 0 Å². The van der Waals surface area contributed by atoms with E-state index in [4.69, 9.17) is 11.6 Å². The molecule has 0 saturated heterocycles. The van der Waals surface area contributed by atoms with Crippen LogP contribution in [-0.4, -0.2) is 0 Å². The molecule has 0 aromatic heterocycles. The lowest BCUT2D eigenvalue weighted by molar-refractivity contribution is 0.451. The van der Waals surface area contributed by atoms with Gasteiger partial charge in [-0.05, 0) is 60.1 Å². The third-order valence-electron chi connectivity index (χ3n) is 4.04. The van der Waals surface area contributed by atoms with Gasteiger partial charge in [0.1, 0.15) is 5.82 Å². The molecule has 0 saturated carbocycles. The van der Waals surface area contributed by atoms with E-state index >= 15 is 0 Å². The number of alkyl halides is 1. The van der Waals surface area contributed by atoms with Gasteiger partial charge in [-0.25, -0.2) is 4.39 Å². The van der Waals surface area contributed by atoms with E-state index in [9.17, 15) is 4.39 Å². The van der Waals surface area contributed by atoms with Crippen LogP contribution in [0.1, 0.15) is 27.9 Å². The zero-order chi connectivity index (χ0) is 14.1. The number of fused-ring (bicyclic) bond motifs is 1. The van der Waals surface area contributed by atoms with Crippen molar-refractivity contribution in [2.45, 2.75) is 24.1 Å². The molecule has 1 aliphatic rings. The number of hydrogen-bond acceptors (Lipinski definition) is 0. The molecule has 104 valence electrons. The van der Waals surface area contributed by atoms with E-state index in [1.165, 1.54) is 17.2 Å². The van der Waals surface area contributed by atoms with Crippen LogP contribution in [0.25, 0.3) is 0 Å². The molecular weight excluding hydrogens is 339 g/mol. The molecular formula is C17H15BrClF. The average Bonchev–Trinajstić information content (AvgIpc) is 2.46. The Morgan fingerprint density at radius 2 is 2.00 bits per heavy atom. The summed E-state index contributed by atoms with van der Waals surface area (Å²) in [6, 6.07) is 13.1. The van der Waals surface area contributed by atoms with E-state index in [1.807, 2.05) is 0 Å². The van der Waals surface area contributed by atoms with Crippen molar-refractivity contribution in [3.8, 4) is 0 Å². The van der Waals surface area contributed by atoms with E-state index in [0.717, 1.165) is 24.8 Å². The summed E-state index contributed by atoms with van der Waals surface area (Å²) in [5.41, 5.74) is 3.67. The lowest BCUT2D eigenvalue weighted by atomic mass is 9.81. The highest BCUT2D eigenvalue weighted by atomic mass is 79.9. The molecule has 0 spiro atoms. The second kappa shape index (κ2) is 5.87. The molecule has 0 amide bonds. The molecule has 0 N–H and O–H groups in total. The summed E-state index contributed by atoms with van der Waals surface area (Å²) < 4.78 is 13.4. The van der Waals surface area contributed by atoms with Gasteiger partial charge >= 0.3 is 0 Å². The topological polar surface area (TPSA) is 0 Å². The van der Waals surface area contributed by atoms with Crippen molar-refractivity contribution in [1.82, 2.24) is 0 Å². The molecule has 0 heterocycles. The fourth-order valence-electron chi connectivity index (χ4n) is 2.96. The van der Waals surface area contributed by atoms with Gasteiger partial charge in [0.15, 0.2) is 0 Å². The monoisotopic (exact) mass is 352 g/mol. The largest absolute Gasteiger partial charge is 0.207 e. The quantitative estimate of drug-likeness (QED) is 0.606. The fraction of sp³-hybridized carbons (Fsp3) is 0.294. The molecule has 20 heavy (non-hydrogen) atoms. The third-order valence-corrected chi connectivity index (χ3v) is 5.65. The maximum atomic E-state index is 13.4. The molecule has 0 radical (unpaired) electrons. The summed E-state index contributed by atoms with van der Waals surface area (Å²) in [6.07, 6.45) is 2.98. The van der Waals surface area contributed by atoms with Crippen molar-refractivity contribution in [2.24, 2.45) is 5.92 Å². The maximum Gasteiger partial charge on any atom is 0.123 e. The highest BCUT2D eigenvalue weighted by Gasteiger charge is 2.27. The van der Waals surface area contributed by atoms with Gasteiger partial charge in [-0.3, -0.25) is 0 Å². The first-order chi connectivity index (χ1) is 9.65. The fourth-order valence-corrected chi connectivity index (χ4v) is 4.05. The minimum Gasteiger partial charge on any atom is -0.207 e. The number of rotatable bonds is 2. The smallest absolute Gasteiger partial charge is 0.123 e. The summed E-state index contributed by atoms with van der Waals surface area (Å²) in [4.78, 5) is 0.312. The molecule has 2 aromatic rings. The van der Waals surface area contributed by atoms with Gasteiger partial charge in [-0.2, -0.15) is 0 Å². The molecule has 2 unspecified atom stereocenters. The first-order valence-corrected chi connectivity index (χ1v) is 8.10. The molecule has 2 aromatic carbocycles. The van der Waals surface area contributed by atoms with Crippen molar-refractivity contribution < 1.29 is 4.39 Å². The van der Waals surface area contributed by atoms with E-state index in [0.29, 0.717) is 15.8 Å². The Morgan fingerprint density at radius 1 is 1.20 bits per heavy atom. The van der Waals surface area contributed by atoms with Gasteiger partial charge in [0.25, 0.3) is 0 Å². The molecule has 1 aliphatic carbocycles. The number of hydrogen-bond donors (Lipinski definition) is 0. The van der Waals surface area contributed by atoms with Crippen LogP contribution in [-0.2, 0) is 12.8 Å². The molecule has 3 rings (SSSR count). The minimum atomic E-state index is -0.216. The number of benzene rings is 2. The van der Waals surface area contributed by atoms with Crippen LogP contribution in [0.3, 0.4) is 0 Å². The zero-order valence-corrected chi connectivity index (χ0v) is 13.3. The van der Waals surface area contributed by atoms with E-state index in [2.05, 4.69) is 40.2 Å². The predicted octanol–water partition coefficient (Wildman–Crippen LogP) is 5.72. The number of halogens is 3. The zero-order valence-electron chi connectivity index (χ0n) is 11.0. The van der Waals surface area contributed by atoms with Crippen LogP contribution in [0.4, 0.5) is 4.39 Å². The SMILES string of the molecule is Fc1ccc(Cl)c(CC2CCc3ccccc3C2Br)c1. The van der Waals surface area contributed by atoms with Gasteiger partial charge in [0.05, 0.1) is 0 Å². The van der Waals surface area contributed by atoms with Crippen LogP contribution in [0.2, 0.25) is 5.02 Å². The number of aryl methyl sites for hydroxylation is 1. The van der Waals surface area contributed by atoms with Crippen molar-refractivity contribution in [3.63, 3.8) is 0 Å². The average molecular weight is 354 g/mol. The first-order valence-electron chi connectivity index (χ1n) is 6.81. The van der Waals surface area contributed by atoms with Gasteiger partial charge in [-0.1, -0.05) is 51.8 Å². The van der Waals surface area contributed by atoms with Gasteiger partial charge in [0.2, 0.25) is 0 Å². The predicted molar refractivity (Wildman–Crippen MR) is 85.0 cm³/mol. The molecule has 2 atom stereocenters. The molecule has 0 bridgehead atoms. The molecule has 0 nitrogen and oxygen atoms in total. The highest BCUT2D eigenvalue weighted by molar-refractivity contribution is 9.09. The van der Waals surface area contributed by atoms with Gasteiger partial charge < -0.3 is 0 Å². The van der Waals surface area contributed by atoms with Crippen LogP contribution in [0.5, 0.6) is 0 Å². The van der Waals surface area contributed by atoms with Gasteiger partial charge in [-0.15, -0.1) is 0 Å². The lowest BCUT2D eigenvalue weighted by Crippen LogP contribution is -2.19. The van der Waals surface area contributed by atoms with Gasteiger partial charge in [0, 0.05) is 9.85 Å². The Kier molecular flexibility index (Phi) is 4.13. The molecule has 0 aliphatic heterocycles. The van der Waals surface area contributed by atoms with Crippen LogP contribution in [0, 0.1) is 11.7 Å². The van der Waals surface area contributed by atoms with Crippen LogP contribution >= 0.6 is 27.5 Å². The van der Waals surface area contributed by atoms with Crippen molar-refractivity contribution in [3.05, 3.63) is 70.0 Å². The summed E-state index contributed by atoms with van der Waals surface area (Å²) in [5, 5.41) is 0.657. The van der Waals surface area contributed by atoms with Crippen LogP contribution in [0.15, 0.2) is 42.5 Å². The Labute approximate surface area is 132 Å². The highest BCUT2D eigenvalue weighted by Crippen LogP contribution is 2.42. The summed E-state index contributed by atoms with van der Waals surface area (Å²) in [6.45, 7) is 0. The molecule has 3 heteroatoms. The Hall–Kier alpha value is -0.860. The van der Waals surface area contributed by atoms with Crippen LogP contribution < -0.4 is 0 Å². The second-order valence-corrected chi connectivity index (χ2v) is 6.73. The second-order valence-electron chi connectivity index (χ2n) is 5.34. The lowest BCUT2D eigenvalue weighted by Gasteiger charge is -2.30. The maximum absolute atomic E-state index is 13.4. The summed E-state index contributed by atoms with van der Waals surface area (Å²) >= 11 is 10.00. The summed E-state index contributed by atoms with van der Waals surface area (Å²) in [5.74, 6) is 0.232. The van der Waals surface area contributed by atoms with E-state index in [-0.39, 0.29) is 5.82 Å². The minimum absolute atomic E-state index is 0.216. The van der Waals surface area contributed by atoms with E-state index < -0.39 is 0 Å².